The Labute approximate surface area is 130 Å². The number of anilines is 1. The van der Waals surface area contributed by atoms with Crippen molar-refractivity contribution in [2.75, 3.05) is 5.73 Å². The van der Waals surface area contributed by atoms with Crippen LogP contribution < -0.4 is 11.1 Å². The highest BCUT2D eigenvalue weighted by atomic mass is 32.1. The lowest BCUT2D eigenvalue weighted by atomic mass is 10.3. The fourth-order valence-electron chi connectivity index (χ4n) is 2.10. The van der Waals surface area contributed by atoms with Crippen LogP contribution in [0.25, 0.3) is 10.2 Å². The van der Waals surface area contributed by atoms with Gasteiger partial charge in [0.05, 0.1) is 16.9 Å². The van der Waals surface area contributed by atoms with Crippen LogP contribution in [0.15, 0.2) is 24.4 Å². The summed E-state index contributed by atoms with van der Waals surface area (Å²) < 4.78 is 0.933. The van der Waals surface area contributed by atoms with Gasteiger partial charge in [0.1, 0.15) is 10.4 Å². The third-order valence-corrected chi connectivity index (χ3v) is 5.64. The number of nitrogens with zero attached hydrogens (tertiary/aromatic N) is 1. The van der Waals surface area contributed by atoms with Crippen molar-refractivity contribution < 1.29 is 4.79 Å². The van der Waals surface area contributed by atoms with E-state index < -0.39 is 0 Å². The number of aromatic nitrogens is 1. The predicted octanol–water partition coefficient (Wildman–Crippen LogP) is 3.49. The fourth-order valence-corrected chi connectivity index (χ4v) is 4.09. The maximum absolute atomic E-state index is 12.3. The van der Waals surface area contributed by atoms with Gasteiger partial charge in [-0.15, -0.1) is 22.7 Å². The summed E-state index contributed by atoms with van der Waals surface area (Å²) >= 11 is 3.09. The molecule has 0 aliphatic carbocycles. The molecule has 4 nitrogen and oxygen atoms in total. The fraction of sp³-hybridized carbons (Fsp3) is 0.200. The van der Waals surface area contributed by atoms with Crippen LogP contribution in [-0.2, 0) is 6.54 Å². The van der Waals surface area contributed by atoms with Gasteiger partial charge in [0.2, 0.25) is 0 Å². The Morgan fingerprint density at radius 3 is 2.86 bits per heavy atom. The number of carbonyl (C=O) groups excluding carboxylic acids is 1. The first-order valence-electron chi connectivity index (χ1n) is 6.53. The van der Waals surface area contributed by atoms with Gasteiger partial charge < -0.3 is 11.1 Å². The van der Waals surface area contributed by atoms with Gasteiger partial charge in [-0.2, -0.15) is 0 Å². The average molecular weight is 317 g/mol. The molecule has 0 saturated carbocycles. The molecule has 1 amide bonds. The van der Waals surface area contributed by atoms with Gasteiger partial charge in [0.25, 0.3) is 5.91 Å². The lowest BCUT2D eigenvalue weighted by Gasteiger charge is -2.02. The summed E-state index contributed by atoms with van der Waals surface area (Å²) in [6, 6.07) is 5.87. The van der Waals surface area contributed by atoms with Crippen LogP contribution in [0.3, 0.4) is 0 Å². The molecule has 3 heterocycles. The van der Waals surface area contributed by atoms with E-state index in [1.807, 2.05) is 12.1 Å². The van der Waals surface area contributed by atoms with Crippen molar-refractivity contribution in [1.29, 1.82) is 0 Å². The molecule has 0 aliphatic rings. The number of aryl methyl sites for hydroxylation is 2. The smallest absolute Gasteiger partial charge is 0.263 e. The molecule has 108 valence electrons. The number of amides is 1. The van der Waals surface area contributed by atoms with Crippen LogP contribution in [0.4, 0.5) is 5.69 Å². The maximum atomic E-state index is 12.3. The van der Waals surface area contributed by atoms with Crippen molar-refractivity contribution in [2.24, 2.45) is 0 Å². The molecule has 0 radical (unpaired) electrons. The topological polar surface area (TPSA) is 68.0 Å². The quantitative estimate of drug-likeness (QED) is 0.777. The Morgan fingerprint density at radius 2 is 2.19 bits per heavy atom. The molecule has 3 rings (SSSR count). The van der Waals surface area contributed by atoms with E-state index >= 15 is 0 Å². The minimum atomic E-state index is -0.140. The standard InChI is InChI=1S/C15H15N3OS2/c1-8-6-10(20-9(8)2)7-18-15(19)14-12(16)13-11(21-14)4-3-5-17-13/h3-6H,7,16H2,1-2H3,(H,18,19). The van der Waals surface area contributed by atoms with Gasteiger partial charge in [-0.05, 0) is 37.6 Å². The maximum Gasteiger partial charge on any atom is 0.263 e. The molecule has 3 aromatic rings. The Kier molecular flexibility index (Phi) is 3.65. The molecule has 0 aromatic carbocycles. The zero-order chi connectivity index (χ0) is 15.0. The van der Waals surface area contributed by atoms with E-state index in [4.69, 9.17) is 5.73 Å². The Morgan fingerprint density at radius 1 is 1.38 bits per heavy atom. The van der Waals surface area contributed by atoms with Crippen molar-refractivity contribution in [3.05, 3.63) is 44.6 Å². The van der Waals surface area contributed by atoms with E-state index in [0.717, 1.165) is 9.58 Å². The number of hydrogen-bond donors (Lipinski definition) is 2. The molecular formula is C15H15N3OS2. The van der Waals surface area contributed by atoms with Crippen molar-refractivity contribution in [3.8, 4) is 0 Å². The number of pyridine rings is 1. The van der Waals surface area contributed by atoms with Crippen LogP contribution >= 0.6 is 22.7 Å². The lowest BCUT2D eigenvalue weighted by Crippen LogP contribution is -2.22. The highest BCUT2D eigenvalue weighted by molar-refractivity contribution is 7.21. The highest BCUT2D eigenvalue weighted by Gasteiger charge is 2.17. The monoisotopic (exact) mass is 317 g/mol. The van der Waals surface area contributed by atoms with E-state index in [2.05, 4.69) is 30.2 Å². The molecule has 21 heavy (non-hydrogen) atoms. The molecule has 0 aliphatic heterocycles. The summed E-state index contributed by atoms with van der Waals surface area (Å²) in [5.74, 6) is -0.140. The van der Waals surface area contributed by atoms with Gasteiger partial charge in [-0.25, -0.2) is 0 Å². The second-order valence-corrected chi connectivity index (χ2v) is 7.22. The first kappa shape index (κ1) is 14.0. The van der Waals surface area contributed by atoms with Crippen molar-refractivity contribution in [2.45, 2.75) is 20.4 Å². The zero-order valence-corrected chi connectivity index (χ0v) is 13.4. The molecule has 3 aromatic heterocycles. The second kappa shape index (κ2) is 5.46. The largest absolute Gasteiger partial charge is 0.396 e. The summed E-state index contributed by atoms with van der Waals surface area (Å²) in [5, 5.41) is 2.93. The molecule has 0 bridgehead atoms. The number of nitrogens with two attached hydrogens (primary N) is 1. The van der Waals surface area contributed by atoms with E-state index in [1.165, 1.54) is 21.8 Å². The van der Waals surface area contributed by atoms with Crippen molar-refractivity contribution >= 4 is 44.5 Å². The van der Waals surface area contributed by atoms with Gasteiger partial charge in [-0.1, -0.05) is 0 Å². The van der Waals surface area contributed by atoms with Crippen LogP contribution in [0.5, 0.6) is 0 Å². The lowest BCUT2D eigenvalue weighted by molar-refractivity contribution is 0.0956. The SMILES string of the molecule is Cc1cc(CNC(=O)c2sc3cccnc3c2N)sc1C. The summed E-state index contributed by atoms with van der Waals surface area (Å²) in [5.41, 5.74) is 8.45. The zero-order valence-electron chi connectivity index (χ0n) is 11.8. The number of nitrogen functional groups attached to an aromatic ring is 1. The molecule has 0 spiro atoms. The summed E-state index contributed by atoms with van der Waals surface area (Å²) in [4.78, 5) is 19.5. The molecule has 6 heteroatoms. The van der Waals surface area contributed by atoms with Crippen LogP contribution in [0.2, 0.25) is 0 Å². The minimum absolute atomic E-state index is 0.140. The highest BCUT2D eigenvalue weighted by Crippen LogP contribution is 2.31. The van der Waals surface area contributed by atoms with Crippen LogP contribution in [0, 0.1) is 13.8 Å². The van der Waals surface area contributed by atoms with E-state index in [9.17, 15) is 4.79 Å². The Hall–Kier alpha value is -1.92. The van der Waals surface area contributed by atoms with E-state index in [1.54, 1.807) is 17.5 Å². The third kappa shape index (κ3) is 2.64. The molecule has 0 fully saturated rings. The number of hydrogen-bond acceptors (Lipinski definition) is 5. The molecule has 3 N–H and O–H groups in total. The molecule has 0 atom stereocenters. The van der Waals surface area contributed by atoms with Gasteiger partial charge >= 0.3 is 0 Å². The summed E-state index contributed by atoms with van der Waals surface area (Å²) in [6.07, 6.45) is 1.68. The second-order valence-electron chi connectivity index (χ2n) is 4.83. The Bertz CT molecular complexity index is 800. The molecular weight excluding hydrogens is 302 g/mol. The summed E-state index contributed by atoms with van der Waals surface area (Å²) in [6.45, 7) is 4.69. The van der Waals surface area contributed by atoms with Crippen LogP contribution in [0.1, 0.15) is 25.0 Å². The van der Waals surface area contributed by atoms with E-state index in [-0.39, 0.29) is 5.91 Å². The third-order valence-electron chi connectivity index (χ3n) is 3.33. The average Bonchev–Trinajstić information content (AvgIpc) is 2.98. The number of carbonyl (C=O) groups is 1. The first-order valence-corrected chi connectivity index (χ1v) is 8.16. The number of fused-ring (bicyclic) bond motifs is 1. The molecule has 0 unspecified atom stereocenters. The summed E-state index contributed by atoms with van der Waals surface area (Å²) in [7, 11) is 0. The minimum Gasteiger partial charge on any atom is -0.396 e. The normalized spacial score (nSPS) is 11.0. The van der Waals surface area contributed by atoms with Crippen molar-refractivity contribution in [1.82, 2.24) is 10.3 Å². The Balaban J connectivity index is 1.79. The first-order chi connectivity index (χ1) is 10.1. The van der Waals surface area contributed by atoms with Gasteiger partial charge in [0, 0.05) is 16.0 Å². The number of thiophene rings is 2. The van der Waals surface area contributed by atoms with Crippen LogP contribution in [-0.4, -0.2) is 10.9 Å². The van der Waals surface area contributed by atoms with E-state index in [0.29, 0.717) is 22.6 Å². The number of nitrogens with one attached hydrogen (secondary N) is 1. The number of rotatable bonds is 3. The molecule has 0 saturated heterocycles. The van der Waals surface area contributed by atoms with Gasteiger partial charge in [0.15, 0.2) is 0 Å². The van der Waals surface area contributed by atoms with Gasteiger partial charge in [-0.3, -0.25) is 9.78 Å². The predicted molar refractivity (Wildman–Crippen MR) is 89.0 cm³/mol. The van der Waals surface area contributed by atoms with Crippen molar-refractivity contribution in [3.63, 3.8) is 0 Å².